The Balaban J connectivity index is 0.00000128. The third kappa shape index (κ3) is 3.61. The molecule has 0 bridgehead atoms. The zero-order valence-corrected chi connectivity index (χ0v) is 10.8. The van der Waals surface area contributed by atoms with Crippen LogP contribution in [0.15, 0.2) is 0 Å². The van der Waals surface area contributed by atoms with E-state index in [2.05, 4.69) is 17.1 Å². The van der Waals surface area contributed by atoms with Crippen molar-refractivity contribution in [1.29, 1.82) is 0 Å². The van der Waals surface area contributed by atoms with Crippen molar-refractivity contribution in [2.75, 3.05) is 39.3 Å². The van der Waals surface area contributed by atoms with Crippen LogP contribution in [-0.4, -0.2) is 61.0 Å². The number of hydrogen-bond acceptors (Lipinski definition) is 3. The lowest BCUT2D eigenvalue weighted by atomic mass is 10.2. The molecule has 0 aromatic carbocycles. The smallest absolute Gasteiger partial charge is 0.222 e. The number of halogens is 1. The number of hydrogen-bond donors (Lipinski definition) is 1. The summed E-state index contributed by atoms with van der Waals surface area (Å²) in [6.45, 7) is 8.46. The second kappa shape index (κ2) is 6.42. The minimum absolute atomic E-state index is 0. The first-order chi connectivity index (χ1) is 7.25. The maximum absolute atomic E-state index is 11.4. The molecule has 1 N–H and O–H groups in total. The molecule has 1 atom stereocenters. The van der Waals surface area contributed by atoms with Gasteiger partial charge in [-0.2, -0.15) is 0 Å². The van der Waals surface area contributed by atoms with Crippen LogP contribution in [0.4, 0.5) is 0 Å². The van der Waals surface area contributed by atoms with Gasteiger partial charge < -0.3 is 10.2 Å². The van der Waals surface area contributed by atoms with Gasteiger partial charge in [0.1, 0.15) is 0 Å². The first-order valence-corrected chi connectivity index (χ1v) is 5.99. The van der Waals surface area contributed by atoms with Gasteiger partial charge in [0.2, 0.25) is 5.91 Å². The highest BCUT2D eigenvalue weighted by atomic mass is 35.5. The summed E-state index contributed by atoms with van der Waals surface area (Å²) in [4.78, 5) is 15.9. The lowest BCUT2D eigenvalue weighted by Crippen LogP contribution is -2.51. The zero-order valence-electron chi connectivity index (χ0n) is 9.95. The lowest BCUT2D eigenvalue weighted by molar-refractivity contribution is -0.127. The van der Waals surface area contributed by atoms with Crippen molar-refractivity contribution in [3.63, 3.8) is 0 Å². The molecule has 16 heavy (non-hydrogen) atoms. The van der Waals surface area contributed by atoms with Gasteiger partial charge in [-0.15, -0.1) is 12.4 Å². The number of piperazine rings is 1. The molecule has 2 aliphatic rings. The summed E-state index contributed by atoms with van der Waals surface area (Å²) in [5, 5.41) is 3.43. The van der Waals surface area contributed by atoms with E-state index in [1.54, 1.807) is 0 Å². The third-order valence-electron chi connectivity index (χ3n) is 3.31. The highest BCUT2D eigenvalue weighted by Gasteiger charge is 2.21. The summed E-state index contributed by atoms with van der Waals surface area (Å²) in [5.41, 5.74) is 0. The van der Waals surface area contributed by atoms with Crippen molar-refractivity contribution in [3.8, 4) is 0 Å². The zero-order chi connectivity index (χ0) is 10.7. The molecule has 94 valence electrons. The fourth-order valence-electron chi connectivity index (χ4n) is 2.42. The van der Waals surface area contributed by atoms with Crippen LogP contribution in [0.25, 0.3) is 0 Å². The molecule has 2 fully saturated rings. The topological polar surface area (TPSA) is 35.6 Å². The van der Waals surface area contributed by atoms with E-state index in [-0.39, 0.29) is 12.4 Å². The van der Waals surface area contributed by atoms with Crippen molar-refractivity contribution >= 4 is 18.3 Å². The van der Waals surface area contributed by atoms with Crippen LogP contribution in [0.5, 0.6) is 0 Å². The van der Waals surface area contributed by atoms with Crippen molar-refractivity contribution in [2.24, 2.45) is 0 Å². The van der Waals surface area contributed by atoms with Gasteiger partial charge in [-0.25, -0.2) is 0 Å². The summed E-state index contributed by atoms with van der Waals surface area (Å²) in [5.74, 6) is 0.346. The Kier molecular flexibility index (Phi) is 5.52. The minimum atomic E-state index is 0. The summed E-state index contributed by atoms with van der Waals surface area (Å²) < 4.78 is 0. The van der Waals surface area contributed by atoms with Gasteiger partial charge in [-0.05, 0) is 13.3 Å². The fraction of sp³-hybridized carbons (Fsp3) is 0.909. The van der Waals surface area contributed by atoms with Gasteiger partial charge >= 0.3 is 0 Å². The maximum atomic E-state index is 11.4. The van der Waals surface area contributed by atoms with Gasteiger partial charge in [-0.1, -0.05) is 0 Å². The molecular weight excluding hydrogens is 226 g/mol. The number of nitrogens with one attached hydrogen (secondary N) is 1. The number of amides is 1. The number of nitrogens with zero attached hydrogens (tertiary/aromatic N) is 2. The number of likely N-dealkylation sites (tertiary alicyclic amines) is 1. The monoisotopic (exact) mass is 247 g/mol. The Bertz CT molecular complexity index is 237. The molecule has 1 amide bonds. The Morgan fingerprint density at radius 2 is 2.19 bits per heavy atom. The van der Waals surface area contributed by atoms with E-state index >= 15 is 0 Å². The minimum Gasteiger partial charge on any atom is -0.341 e. The van der Waals surface area contributed by atoms with Crippen molar-refractivity contribution in [3.05, 3.63) is 0 Å². The average molecular weight is 248 g/mol. The van der Waals surface area contributed by atoms with E-state index in [9.17, 15) is 4.79 Å². The van der Waals surface area contributed by atoms with Gasteiger partial charge in [0.25, 0.3) is 0 Å². The lowest BCUT2D eigenvalue weighted by Gasteiger charge is -2.32. The number of carbonyl (C=O) groups is 1. The number of carbonyl (C=O) groups excluding carboxylic acids is 1. The van der Waals surface area contributed by atoms with E-state index in [1.165, 1.54) is 0 Å². The van der Waals surface area contributed by atoms with Crippen LogP contribution in [0, 0.1) is 0 Å². The van der Waals surface area contributed by atoms with Crippen LogP contribution in [0.2, 0.25) is 0 Å². The summed E-state index contributed by atoms with van der Waals surface area (Å²) in [7, 11) is 0. The molecule has 0 aliphatic carbocycles. The first kappa shape index (κ1) is 13.7. The second-order valence-electron chi connectivity index (χ2n) is 4.64. The Hall–Kier alpha value is -0.320. The van der Waals surface area contributed by atoms with Gasteiger partial charge in [-0.3, -0.25) is 9.69 Å². The standard InChI is InChI=1S/C11H21N3O.ClH/c1-10-9-13(6-4-12-10)7-8-14-5-2-3-11(14)15;/h10,12H,2-9H2,1H3;1H. The third-order valence-corrected chi connectivity index (χ3v) is 3.31. The summed E-state index contributed by atoms with van der Waals surface area (Å²) in [6.07, 6.45) is 1.81. The van der Waals surface area contributed by atoms with Gasteiger partial charge in [0.05, 0.1) is 0 Å². The van der Waals surface area contributed by atoms with Gasteiger partial charge in [0, 0.05) is 51.7 Å². The van der Waals surface area contributed by atoms with Crippen molar-refractivity contribution < 1.29 is 4.79 Å². The highest BCUT2D eigenvalue weighted by molar-refractivity contribution is 5.85. The normalized spacial score (nSPS) is 26.9. The molecule has 2 saturated heterocycles. The molecule has 0 aromatic rings. The largest absolute Gasteiger partial charge is 0.341 e. The molecule has 0 spiro atoms. The van der Waals surface area contributed by atoms with Crippen molar-refractivity contribution in [1.82, 2.24) is 15.1 Å². The van der Waals surface area contributed by atoms with Crippen molar-refractivity contribution in [2.45, 2.75) is 25.8 Å². The SMILES string of the molecule is CC1CN(CCN2CCCC2=O)CCN1.Cl. The van der Waals surface area contributed by atoms with Gasteiger partial charge in [0.15, 0.2) is 0 Å². The number of rotatable bonds is 3. The van der Waals surface area contributed by atoms with Crippen LogP contribution < -0.4 is 5.32 Å². The van der Waals surface area contributed by atoms with E-state index < -0.39 is 0 Å². The molecule has 2 heterocycles. The van der Waals surface area contributed by atoms with E-state index in [0.29, 0.717) is 11.9 Å². The Morgan fingerprint density at radius 1 is 1.38 bits per heavy atom. The molecule has 5 heteroatoms. The molecule has 2 rings (SSSR count). The summed E-state index contributed by atoms with van der Waals surface area (Å²) >= 11 is 0. The molecular formula is C11H22ClN3O. The predicted molar refractivity (Wildman–Crippen MR) is 67.0 cm³/mol. The molecule has 0 aromatic heterocycles. The fourth-order valence-corrected chi connectivity index (χ4v) is 2.42. The van der Waals surface area contributed by atoms with Crippen LogP contribution in [0.3, 0.4) is 0 Å². The van der Waals surface area contributed by atoms with E-state index in [4.69, 9.17) is 0 Å². The Morgan fingerprint density at radius 3 is 2.81 bits per heavy atom. The summed E-state index contributed by atoms with van der Waals surface area (Å²) in [6, 6.07) is 0.591. The van der Waals surface area contributed by atoms with Crippen LogP contribution >= 0.6 is 12.4 Å². The quantitative estimate of drug-likeness (QED) is 0.781. The molecule has 1 unspecified atom stereocenters. The highest BCUT2D eigenvalue weighted by Crippen LogP contribution is 2.09. The molecule has 0 saturated carbocycles. The first-order valence-electron chi connectivity index (χ1n) is 5.99. The maximum Gasteiger partial charge on any atom is 0.222 e. The van der Waals surface area contributed by atoms with Crippen LogP contribution in [0.1, 0.15) is 19.8 Å². The van der Waals surface area contributed by atoms with E-state index in [0.717, 1.165) is 52.1 Å². The van der Waals surface area contributed by atoms with E-state index in [1.807, 2.05) is 4.90 Å². The van der Waals surface area contributed by atoms with Crippen LogP contribution in [-0.2, 0) is 4.79 Å². The molecule has 2 aliphatic heterocycles. The molecule has 0 radical (unpaired) electrons. The average Bonchev–Trinajstić information content (AvgIpc) is 2.61. The predicted octanol–water partition coefficient (Wildman–Crippen LogP) is 0.324. The second-order valence-corrected chi connectivity index (χ2v) is 4.64. The molecule has 4 nitrogen and oxygen atoms in total. The Labute approximate surface area is 104 Å².